The van der Waals surface area contributed by atoms with E-state index in [2.05, 4.69) is 5.32 Å². The van der Waals surface area contributed by atoms with Crippen LogP contribution in [0.5, 0.6) is 23.0 Å². The van der Waals surface area contributed by atoms with Gasteiger partial charge in [-0.25, -0.2) is 4.79 Å². The predicted octanol–water partition coefficient (Wildman–Crippen LogP) is 2.91. The fourth-order valence-electron chi connectivity index (χ4n) is 2.45. The number of para-hydroxylation sites is 2. The molecule has 0 aromatic heterocycles. The average molecular weight is 389 g/mol. The van der Waals surface area contributed by atoms with Gasteiger partial charge in [0, 0.05) is 12.1 Å². The number of benzene rings is 2. The Labute approximate surface area is 163 Å². The van der Waals surface area contributed by atoms with Gasteiger partial charge in [-0.3, -0.25) is 4.79 Å². The van der Waals surface area contributed by atoms with Crippen molar-refractivity contribution in [2.45, 2.75) is 13.0 Å². The van der Waals surface area contributed by atoms with Crippen molar-refractivity contribution in [2.75, 3.05) is 33.8 Å². The van der Waals surface area contributed by atoms with Gasteiger partial charge < -0.3 is 29.0 Å². The van der Waals surface area contributed by atoms with Gasteiger partial charge in [-0.2, -0.15) is 0 Å². The van der Waals surface area contributed by atoms with Crippen LogP contribution in [0.15, 0.2) is 36.4 Å². The van der Waals surface area contributed by atoms with Gasteiger partial charge >= 0.3 is 5.97 Å². The van der Waals surface area contributed by atoms with Crippen molar-refractivity contribution in [1.82, 2.24) is 0 Å². The van der Waals surface area contributed by atoms with Crippen molar-refractivity contribution >= 4 is 17.6 Å². The lowest BCUT2D eigenvalue weighted by molar-refractivity contribution is -0.123. The molecule has 0 bridgehead atoms. The van der Waals surface area contributed by atoms with Crippen LogP contribution in [0.25, 0.3) is 0 Å². The maximum Gasteiger partial charge on any atom is 0.342 e. The third kappa shape index (κ3) is 4.64. The van der Waals surface area contributed by atoms with Crippen molar-refractivity contribution in [2.24, 2.45) is 0 Å². The maximum atomic E-state index is 12.6. The molecular weight excluding hydrogens is 366 g/mol. The molecular formula is C20H23NO7. The Kier molecular flexibility index (Phi) is 7.08. The predicted molar refractivity (Wildman–Crippen MR) is 103 cm³/mol. The van der Waals surface area contributed by atoms with Crippen LogP contribution in [-0.4, -0.2) is 46.4 Å². The lowest BCUT2D eigenvalue weighted by Crippen LogP contribution is -2.30. The van der Waals surface area contributed by atoms with Gasteiger partial charge in [0.05, 0.1) is 34.1 Å². The highest BCUT2D eigenvalue weighted by atomic mass is 16.6. The van der Waals surface area contributed by atoms with Crippen LogP contribution in [0.2, 0.25) is 0 Å². The van der Waals surface area contributed by atoms with E-state index in [4.69, 9.17) is 23.7 Å². The Balaban J connectivity index is 2.16. The van der Waals surface area contributed by atoms with Gasteiger partial charge in [0.25, 0.3) is 5.91 Å². The Morgan fingerprint density at radius 3 is 2.00 bits per heavy atom. The summed E-state index contributed by atoms with van der Waals surface area (Å²) in [6.45, 7) is 1.47. The van der Waals surface area contributed by atoms with Crippen LogP contribution in [0.1, 0.15) is 17.3 Å². The molecule has 2 aromatic rings. The molecule has 8 nitrogen and oxygen atoms in total. The normalized spacial score (nSPS) is 11.2. The fraction of sp³-hybridized carbons (Fsp3) is 0.300. The molecule has 28 heavy (non-hydrogen) atoms. The average Bonchev–Trinajstić information content (AvgIpc) is 2.72. The molecule has 0 unspecified atom stereocenters. The van der Waals surface area contributed by atoms with E-state index in [0.717, 1.165) is 0 Å². The summed E-state index contributed by atoms with van der Waals surface area (Å²) in [5.74, 6) is 0.230. The largest absolute Gasteiger partial charge is 0.496 e. The van der Waals surface area contributed by atoms with Gasteiger partial charge in [-0.15, -0.1) is 0 Å². The Hall–Kier alpha value is -3.42. The second kappa shape index (κ2) is 9.50. The highest BCUT2D eigenvalue weighted by Gasteiger charge is 2.24. The molecule has 0 aliphatic carbocycles. The van der Waals surface area contributed by atoms with Gasteiger partial charge in [0.2, 0.25) is 0 Å². The number of nitrogens with one attached hydrogen (secondary N) is 1. The quantitative estimate of drug-likeness (QED) is 0.694. The van der Waals surface area contributed by atoms with E-state index in [1.807, 2.05) is 0 Å². The van der Waals surface area contributed by atoms with Crippen LogP contribution < -0.4 is 24.3 Å². The first-order valence-corrected chi connectivity index (χ1v) is 8.40. The van der Waals surface area contributed by atoms with E-state index in [1.165, 1.54) is 47.5 Å². The number of rotatable bonds is 8. The summed E-state index contributed by atoms with van der Waals surface area (Å²) in [7, 11) is 5.83. The van der Waals surface area contributed by atoms with E-state index in [0.29, 0.717) is 22.9 Å². The zero-order valence-electron chi connectivity index (χ0n) is 16.4. The van der Waals surface area contributed by atoms with Gasteiger partial charge in [-0.05, 0) is 19.1 Å². The molecule has 1 N–H and O–H groups in total. The van der Waals surface area contributed by atoms with E-state index in [-0.39, 0.29) is 11.3 Å². The minimum atomic E-state index is -1.06. The second-order valence-corrected chi connectivity index (χ2v) is 5.64. The molecule has 1 amide bonds. The maximum absolute atomic E-state index is 12.6. The summed E-state index contributed by atoms with van der Waals surface area (Å²) in [5, 5.41) is 2.67. The van der Waals surface area contributed by atoms with Crippen molar-refractivity contribution in [3.8, 4) is 23.0 Å². The highest BCUT2D eigenvalue weighted by molar-refractivity contribution is 5.99. The van der Waals surface area contributed by atoms with E-state index in [1.54, 1.807) is 24.3 Å². The Morgan fingerprint density at radius 2 is 1.39 bits per heavy atom. The number of amides is 1. The molecule has 0 aliphatic rings. The first-order chi connectivity index (χ1) is 13.4. The van der Waals surface area contributed by atoms with Crippen LogP contribution in [0, 0.1) is 0 Å². The van der Waals surface area contributed by atoms with Crippen LogP contribution in [0.3, 0.4) is 0 Å². The second-order valence-electron chi connectivity index (χ2n) is 5.64. The Morgan fingerprint density at radius 1 is 0.821 bits per heavy atom. The summed E-state index contributed by atoms with van der Waals surface area (Å²) < 4.78 is 26.1. The molecule has 0 saturated heterocycles. The number of ether oxygens (including phenoxy) is 5. The zero-order chi connectivity index (χ0) is 20.7. The number of carbonyl (C=O) groups is 2. The summed E-state index contributed by atoms with van der Waals surface area (Å²) in [4.78, 5) is 25.0. The minimum Gasteiger partial charge on any atom is -0.496 e. The number of methoxy groups -OCH3 is 4. The number of carbonyl (C=O) groups excluding carboxylic acids is 2. The van der Waals surface area contributed by atoms with Crippen LogP contribution >= 0.6 is 0 Å². The topological polar surface area (TPSA) is 92.3 Å². The molecule has 2 aromatic carbocycles. The zero-order valence-corrected chi connectivity index (χ0v) is 16.4. The van der Waals surface area contributed by atoms with Gasteiger partial charge in [0.15, 0.2) is 17.6 Å². The molecule has 0 radical (unpaired) electrons. The summed E-state index contributed by atoms with van der Waals surface area (Å²) >= 11 is 0. The molecule has 8 heteroatoms. The van der Waals surface area contributed by atoms with Crippen LogP contribution in [0.4, 0.5) is 5.69 Å². The van der Waals surface area contributed by atoms with Crippen molar-refractivity contribution in [3.63, 3.8) is 0 Å². The molecule has 0 aliphatic heterocycles. The molecule has 1 atom stereocenters. The third-order valence-electron chi connectivity index (χ3n) is 3.94. The smallest absolute Gasteiger partial charge is 0.342 e. The molecule has 0 spiro atoms. The first-order valence-electron chi connectivity index (χ1n) is 8.40. The summed E-state index contributed by atoms with van der Waals surface area (Å²) in [6.07, 6.45) is -1.06. The monoisotopic (exact) mass is 389 g/mol. The lowest BCUT2D eigenvalue weighted by Gasteiger charge is -2.17. The first kappa shape index (κ1) is 20.9. The Bertz CT molecular complexity index is 850. The number of hydrogen-bond acceptors (Lipinski definition) is 7. The van der Waals surface area contributed by atoms with Crippen molar-refractivity contribution in [3.05, 3.63) is 42.0 Å². The lowest BCUT2D eigenvalue weighted by atomic mass is 10.1. The SMILES string of the molecule is COc1ccccc1NC(=O)[C@H](C)OC(=O)c1cc(OC)c(OC)cc1OC. The number of hydrogen-bond donors (Lipinski definition) is 1. The van der Waals surface area contributed by atoms with Crippen molar-refractivity contribution < 1.29 is 33.3 Å². The molecule has 2 rings (SSSR count). The summed E-state index contributed by atoms with van der Waals surface area (Å²) in [5.41, 5.74) is 0.582. The van der Waals surface area contributed by atoms with Crippen molar-refractivity contribution in [1.29, 1.82) is 0 Å². The summed E-state index contributed by atoms with van der Waals surface area (Å²) in [6, 6.07) is 9.87. The van der Waals surface area contributed by atoms with Gasteiger partial charge in [0.1, 0.15) is 17.1 Å². The molecule has 0 fully saturated rings. The minimum absolute atomic E-state index is 0.108. The van der Waals surface area contributed by atoms with Gasteiger partial charge in [-0.1, -0.05) is 12.1 Å². The van der Waals surface area contributed by atoms with Crippen LogP contribution in [-0.2, 0) is 9.53 Å². The molecule has 0 heterocycles. The molecule has 0 saturated carbocycles. The number of anilines is 1. The number of esters is 1. The van der Waals surface area contributed by atoms with E-state index in [9.17, 15) is 9.59 Å². The van der Waals surface area contributed by atoms with E-state index < -0.39 is 18.0 Å². The standard InChI is InChI=1S/C20H23NO7/c1-12(19(22)21-14-8-6-7-9-15(14)24-2)28-20(23)13-10-17(26-4)18(27-5)11-16(13)25-3/h6-12H,1-5H3,(H,21,22)/t12-/m0/s1. The third-order valence-corrected chi connectivity index (χ3v) is 3.94. The fourth-order valence-corrected chi connectivity index (χ4v) is 2.45. The molecule has 150 valence electrons. The van der Waals surface area contributed by atoms with E-state index >= 15 is 0 Å². The highest BCUT2D eigenvalue weighted by Crippen LogP contribution is 2.35.